The molecule has 0 radical (unpaired) electrons. The molecule has 2 aliphatic rings. The normalized spacial score (nSPS) is 21.2. The average molecular weight is 452 g/mol. The molecule has 9 nitrogen and oxygen atoms in total. The Morgan fingerprint density at radius 1 is 1.24 bits per heavy atom. The van der Waals surface area contributed by atoms with Crippen molar-refractivity contribution in [3.05, 3.63) is 53.7 Å². The molecule has 3 atom stereocenters. The number of carboxylic acids is 1. The molecule has 1 saturated carbocycles. The summed E-state index contributed by atoms with van der Waals surface area (Å²) in [5.74, 6) is -1.46. The highest BCUT2D eigenvalue weighted by Gasteiger charge is 2.56. The molecule has 1 saturated heterocycles. The highest BCUT2D eigenvalue weighted by atomic mass is 19.1. The van der Waals surface area contributed by atoms with Gasteiger partial charge in [0.15, 0.2) is 5.78 Å². The van der Waals surface area contributed by atoms with Gasteiger partial charge in [0.05, 0.1) is 5.52 Å². The van der Waals surface area contributed by atoms with Gasteiger partial charge in [-0.05, 0) is 49.1 Å². The lowest BCUT2D eigenvalue weighted by molar-refractivity contribution is -0.149. The van der Waals surface area contributed by atoms with Crippen molar-refractivity contribution in [2.75, 3.05) is 0 Å². The second-order valence-corrected chi connectivity index (χ2v) is 8.42. The van der Waals surface area contributed by atoms with Crippen LogP contribution in [0, 0.1) is 11.7 Å². The number of ether oxygens (including phenoxy) is 1. The fraction of sp³-hybridized carbons (Fsp3) is 0.348. The molecule has 1 aromatic carbocycles. The highest BCUT2D eigenvalue weighted by molar-refractivity contribution is 6.05. The number of halogens is 1. The molecule has 3 heterocycles. The zero-order valence-corrected chi connectivity index (χ0v) is 17.8. The van der Waals surface area contributed by atoms with Crippen LogP contribution in [0.1, 0.15) is 35.9 Å². The SMILES string of the molecule is CC(=O)c1nn(CC(=O)N2[C@@H]3C[C@@H]3C[C@H]2C(=O)O)c2ccc(OCc3ncccc3F)cc12. The lowest BCUT2D eigenvalue weighted by Crippen LogP contribution is -2.44. The van der Waals surface area contributed by atoms with Gasteiger partial charge in [-0.15, -0.1) is 0 Å². The molecule has 1 aliphatic carbocycles. The number of Topliss-reactive ketones (excluding diaryl/α,β-unsaturated/α-hetero) is 1. The molecule has 10 heteroatoms. The predicted octanol–water partition coefficient (Wildman–Crippen LogP) is 2.43. The van der Waals surface area contributed by atoms with Crippen molar-refractivity contribution in [1.29, 1.82) is 0 Å². The summed E-state index contributed by atoms with van der Waals surface area (Å²) in [5, 5.41) is 14.3. The number of carboxylic acid groups (broad SMARTS) is 1. The number of fused-ring (bicyclic) bond motifs is 2. The van der Waals surface area contributed by atoms with Crippen molar-refractivity contribution in [2.24, 2.45) is 5.92 Å². The maximum absolute atomic E-state index is 13.8. The molecule has 1 amide bonds. The Morgan fingerprint density at radius 2 is 2.06 bits per heavy atom. The lowest BCUT2D eigenvalue weighted by atomic mass is 10.1. The van der Waals surface area contributed by atoms with E-state index in [1.165, 1.54) is 34.8 Å². The summed E-state index contributed by atoms with van der Waals surface area (Å²) in [6, 6.07) is 6.87. The van der Waals surface area contributed by atoms with E-state index in [-0.39, 0.29) is 48.2 Å². The van der Waals surface area contributed by atoms with Gasteiger partial charge in [-0.25, -0.2) is 9.18 Å². The first-order chi connectivity index (χ1) is 15.8. The number of hydrogen-bond acceptors (Lipinski definition) is 6. The van der Waals surface area contributed by atoms with Crippen LogP contribution in [0.15, 0.2) is 36.5 Å². The van der Waals surface area contributed by atoms with Crippen molar-refractivity contribution in [3.63, 3.8) is 0 Å². The van der Waals surface area contributed by atoms with Gasteiger partial charge in [-0.1, -0.05) is 0 Å². The number of hydrogen-bond donors (Lipinski definition) is 1. The second kappa shape index (κ2) is 7.95. The van der Waals surface area contributed by atoms with Gasteiger partial charge >= 0.3 is 5.97 Å². The van der Waals surface area contributed by atoms with Crippen molar-refractivity contribution in [3.8, 4) is 5.75 Å². The molecule has 3 aromatic rings. The third-order valence-electron chi connectivity index (χ3n) is 6.23. The van der Waals surface area contributed by atoms with E-state index >= 15 is 0 Å². The van der Waals surface area contributed by atoms with Crippen molar-refractivity contribution >= 4 is 28.6 Å². The summed E-state index contributed by atoms with van der Waals surface area (Å²) in [6.45, 7) is 1.12. The number of rotatable bonds is 7. The third kappa shape index (κ3) is 3.81. The Morgan fingerprint density at radius 3 is 2.79 bits per heavy atom. The van der Waals surface area contributed by atoms with E-state index in [9.17, 15) is 23.9 Å². The van der Waals surface area contributed by atoms with Gasteiger partial charge in [0.2, 0.25) is 5.91 Å². The third-order valence-corrected chi connectivity index (χ3v) is 6.23. The van der Waals surface area contributed by atoms with Crippen LogP contribution in [0.5, 0.6) is 5.75 Å². The van der Waals surface area contributed by atoms with Gasteiger partial charge in [0.1, 0.15) is 42.1 Å². The van der Waals surface area contributed by atoms with Crippen molar-refractivity contribution in [2.45, 2.75) is 45.0 Å². The predicted molar refractivity (Wildman–Crippen MR) is 113 cm³/mol. The number of carbonyl (C=O) groups is 3. The summed E-state index contributed by atoms with van der Waals surface area (Å²) in [4.78, 5) is 42.2. The maximum atomic E-state index is 13.8. The van der Waals surface area contributed by atoms with Gasteiger partial charge in [-0.3, -0.25) is 19.3 Å². The molecular formula is C23H21FN4O5. The summed E-state index contributed by atoms with van der Waals surface area (Å²) < 4.78 is 20.9. The second-order valence-electron chi connectivity index (χ2n) is 8.42. The van der Waals surface area contributed by atoms with Crippen LogP contribution in [0.25, 0.3) is 10.9 Å². The smallest absolute Gasteiger partial charge is 0.326 e. The molecular weight excluding hydrogens is 431 g/mol. The first-order valence-electron chi connectivity index (χ1n) is 10.6. The largest absolute Gasteiger partial charge is 0.487 e. The van der Waals surface area contributed by atoms with Crippen molar-refractivity contribution < 1.29 is 28.6 Å². The highest BCUT2D eigenvalue weighted by Crippen LogP contribution is 2.48. The van der Waals surface area contributed by atoms with Crippen LogP contribution in [0.2, 0.25) is 0 Å². The Balaban J connectivity index is 1.40. The number of benzene rings is 1. The zero-order valence-electron chi connectivity index (χ0n) is 17.8. The van der Waals surface area contributed by atoms with E-state index in [1.807, 2.05) is 0 Å². The van der Waals surface area contributed by atoms with Crippen molar-refractivity contribution in [1.82, 2.24) is 19.7 Å². The number of ketones is 1. The first-order valence-corrected chi connectivity index (χ1v) is 10.6. The summed E-state index contributed by atoms with van der Waals surface area (Å²) >= 11 is 0. The van der Waals surface area contributed by atoms with Crippen LogP contribution in [-0.4, -0.2) is 54.5 Å². The molecule has 33 heavy (non-hydrogen) atoms. The minimum atomic E-state index is -1.00. The summed E-state index contributed by atoms with van der Waals surface area (Å²) in [6.07, 6.45) is 2.77. The Kier molecular flexibility index (Phi) is 5.07. The average Bonchev–Trinajstić information content (AvgIpc) is 3.29. The van der Waals surface area contributed by atoms with Gasteiger partial charge in [-0.2, -0.15) is 5.10 Å². The number of amides is 1. The minimum absolute atomic E-state index is 0.0281. The number of piperidine rings is 1. The first kappa shape index (κ1) is 21.0. The number of pyridine rings is 1. The molecule has 1 N–H and O–H groups in total. The van der Waals surface area contributed by atoms with E-state index in [2.05, 4.69) is 10.1 Å². The Bertz CT molecular complexity index is 1290. The molecule has 2 fully saturated rings. The number of carbonyl (C=O) groups excluding carboxylic acids is 2. The van der Waals surface area contributed by atoms with Crippen LogP contribution in [0.3, 0.4) is 0 Å². The molecule has 0 unspecified atom stereocenters. The monoisotopic (exact) mass is 452 g/mol. The van der Waals surface area contributed by atoms with E-state index < -0.39 is 17.8 Å². The lowest BCUT2D eigenvalue weighted by Gasteiger charge is -2.24. The van der Waals surface area contributed by atoms with Crippen LogP contribution >= 0.6 is 0 Å². The van der Waals surface area contributed by atoms with Gasteiger partial charge in [0.25, 0.3) is 0 Å². The van der Waals surface area contributed by atoms with Crippen LogP contribution in [0.4, 0.5) is 4.39 Å². The maximum Gasteiger partial charge on any atom is 0.326 e. The van der Waals surface area contributed by atoms with Gasteiger partial charge in [0, 0.05) is 24.5 Å². The minimum Gasteiger partial charge on any atom is -0.487 e. The van der Waals surface area contributed by atoms with E-state index in [0.717, 1.165) is 6.42 Å². The van der Waals surface area contributed by atoms with E-state index in [0.29, 0.717) is 23.1 Å². The molecule has 0 bridgehead atoms. The van der Waals surface area contributed by atoms with Crippen LogP contribution in [-0.2, 0) is 22.7 Å². The molecule has 0 spiro atoms. The van der Waals surface area contributed by atoms with E-state index in [1.54, 1.807) is 18.2 Å². The Labute approximate surface area is 187 Å². The fourth-order valence-electron chi connectivity index (χ4n) is 4.55. The number of nitrogens with zero attached hydrogens (tertiary/aromatic N) is 4. The zero-order chi connectivity index (χ0) is 23.3. The quantitative estimate of drug-likeness (QED) is 0.548. The molecule has 2 aromatic heterocycles. The number of aliphatic carboxylic acids is 1. The standard InChI is InChI=1S/C23H21FN4O5/c1-12(29)22-15-9-14(33-11-17-16(24)3-2-6-25-17)4-5-18(15)27(26-22)10-21(30)28-19-7-13(19)8-20(28)23(31)32/h2-6,9,13,19-20H,7-8,10-11H2,1H3,(H,31,32)/t13-,19-,20+/m1/s1. The fourth-order valence-corrected chi connectivity index (χ4v) is 4.55. The molecule has 170 valence electrons. The summed E-state index contributed by atoms with van der Waals surface area (Å²) in [5.41, 5.74) is 0.874. The topological polar surface area (TPSA) is 115 Å². The van der Waals surface area contributed by atoms with Gasteiger partial charge < -0.3 is 14.7 Å². The van der Waals surface area contributed by atoms with Crippen LogP contribution < -0.4 is 4.74 Å². The van der Waals surface area contributed by atoms with E-state index in [4.69, 9.17) is 4.74 Å². The molecule has 1 aliphatic heterocycles. The number of aromatic nitrogens is 3. The number of likely N-dealkylation sites (tertiary alicyclic amines) is 1. The molecule has 5 rings (SSSR count). The Hall–Kier alpha value is -3.82. The summed E-state index contributed by atoms with van der Waals surface area (Å²) in [7, 11) is 0.